The molecule has 0 atom stereocenters. The topological polar surface area (TPSA) is 72.5 Å². The van der Waals surface area contributed by atoms with Gasteiger partial charge in [-0.3, -0.25) is 14.4 Å². The number of nitrogens with zero attached hydrogens (tertiary/aromatic N) is 3. The Labute approximate surface area is 183 Å². The molecular formula is C21H19ClN4O3S. The highest BCUT2D eigenvalue weighted by molar-refractivity contribution is 7.80. The van der Waals surface area contributed by atoms with E-state index >= 15 is 0 Å². The minimum atomic E-state index is -0.213. The van der Waals surface area contributed by atoms with Crippen LogP contribution >= 0.6 is 23.8 Å². The molecule has 2 aromatic heterocycles. The van der Waals surface area contributed by atoms with Crippen molar-refractivity contribution in [1.29, 1.82) is 0 Å². The Morgan fingerprint density at radius 3 is 2.90 bits per heavy atom. The van der Waals surface area contributed by atoms with Gasteiger partial charge < -0.3 is 14.5 Å². The number of rotatable bonds is 7. The van der Waals surface area contributed by atoms with E-state index in [9.17, 15) is 4.79 Å². The van der Waals surface area contributed by atoms with E-state index in [2.05, 4.69) is 10.4 Å². The maximum absolute atomic E-state index is 12.8. The highest BCUT2D eigenvalue weighted by Crippen LogP contribution is 2.25. The highest BCUT2D eigenvalue weighted by Gasteiger charge is 2.31. The van der Waals surface area contributed by atoms with Gasteiger partial charge in [0.15, 0.2) is 5.11 Å². The first-order chi connectivity index (χ1) is 14.5. The molecule has 1 fully saturated rings. The third-order valence-electron chi connectivity index (χ3n) is 4.49. The molecule has 30 heavy (non-hydrogen) atoms. The van der Waals surface area contributed by atoms with E-state index in [0.29, 0.717) is 39.6 Å². The van der Waals surface area contributed by atoms with Crippen molar-refractivity contribution in [3.05, 3.63) is 76.6 Å². The first kappa shape index (κ1) is 20.2. The summed E-state index contributed by atoms with van der Waals surface area (Å²) in [6, 6.07) is 10.8. The molecule has 1 aliphatic rings. The van der Waals surface area contributed by atoms with Gasteiger partial charge in [-0.05, 0) is 43.4 Å². The third kappa shape index (κ3) is 4.39. The number of para-hydroxylation sites is 1. The van der Waals surface area contributed by atoms with Gasteiger partial charge in [0.25, 0.3) is 5.91 Å². The van der Waals surface area contributed by atoms with Crippen molar-refractivity contribution < 1.29 is 13.9 Å². The van der Waals surface area contributed by atoms with Gasteiger partial charge in [0.05, 0.1) is 17.8 Å². The van der Waals surface area contributed by atoms with Crippen LogP contribution in [0.25, 0.3) is 6.08 Å². The molecule has 1 aromatic carbocycles. The molecule has 1 amide bonds. The number of hydrogen-bond donors (Lipinski definition) is 1. The molecule has 3 aromatic rings. The summed E-state index contributed by atoms with van der Waals surface area (Å²) in [7, 11) is 0. The Morgan fingerprint density at radius 1 is 1.30 bits per heavy atom. The van der Waals surface area contributed by atoms with Crippen LogP contribution in [-0.4, -0.2) is 25.7 Å². The fourth-order valence-electron chi connectivity index (χ4n) is 2.96. The van der Waals surface area contributed by atoms with E-state index < -0.39 is 0 Å². The lowest BCUT2D eigenvalue weighted by molar-refractivity contribution is -0.122. The monoisotopic (exact) mass is 442 g/mol. The summed E-state index contributed by atoms with van der Waals surface area (Å²) in [5, 5.41) is 8.06. The van der Waals surface area contributed by atoms with Gasteiger partial charge >= 0.3 is 0 Å². The van der Waals surface area contributed by atoms with Gasteiger partial charge in [-0.15, -0.1) is 0 Å². The van der Waals surface area contributed by atoms with Gasteiger partial charge in [-0.2, -0.15) is 5.10 Å². The number of halogens is 1. The van der Waals surface area contributed by atoms with Gasteiger partial charge in [0.2, 0.25) is 0 Å². The van der Waals surface area contributed by atoms with Crippen LogP contribution in [-0.2, 0) is 24.5 Å². The zero-order valence-electron chi connectivity index (χ0n) is 16.2. The Kier molecular flexibility index (Phi) is 5.87. The summed E-state index contributed by atoms with van der Waals surface area (Å²) in [6.45, 7) is 3.35. The lowest BCUT2D eigenvalue weighted by Gasteiger charge is -2.12. The number of carbonyl (C=O) groups is 1. The maximum Gasteiger partial charge on any atom is 0.276 e. The third-order valence-corrected chi connectivity index (χ3v) is 5.12. The number of aromatic nitrogens is 2. The summed E-state index contributed by atoms with van der Waals surface area (Å²) >= 11 is 11.4. The summed E-state index contributed by atoms with van der Waals surface area (Å²) in [5.41, 5.74) is 1.27. The molecule has 3 heterocycles. The van der Waals surface area contributed by atoms with E-state index in [4.69, 9.17) is 33.0 Å². The van der Waals surface area contributed by atoms with Gasteiger partial charge in [0, 0.05) is 24.4 Å². The first-order valence-electron chi connectivity index (χ1n) is 9.35. The molecule has 154 valence electrons. The second kappa shape index (κ2) is 8.73. The Bertz CT molecular complexity index is 1120. The maximum atomic E-state index is 12.8. The van der Waals surface area contributed by atoms with Crippen LogP contribution in [0.2, 0.25) is 5.02 Å². The number of furan rings is 1. The van der Waals surface area contributed by atoms with Crippen molar-refractivity contribution >= 4 is 40.9 Å². The van der Waals surface area contributed by atoms with Crippen molar-refractivity contribution in [2.24, 2.45) is 0 Å². The van der Waals surface area contributed by atoms with Crippen molar-refractivity contribution in [3.63, 3.8) is 0 Å². The molecule has 0 bridgehead atoms. The number of thiocarbonyl (C=S) groups is 1. The molecule has 0 radical (unpaired) electrons. The van der Waals surface area contributed by atoms with Crippen LogP contribution in [0.3, 0.4) is 0 Å². The van der Waals surface area contributed by atoms with E-state index in [-0.39, 0.29) is 12.5 Å². The Balaban J connectivity index is 1.41. The number of aryl methyl sites for hydroxylation is 1. The predicted molar refractivity (Wildman–Crippen MR) is 117 cm³/mol. The summed E-state index contributed by atoms with van der Waals surface area (Å²) in [5.74, 6) is 1.50. The molecule has 0 aliphatic carbocycles. The number of amides is 1. The number of hydrogen-bond acceptors (Lipinski definition) is 5. The van der Waals surface area contributed by atoms with Crippen molar-refractivity contribution in [2.75, 3.05) is 0 Å². The minimum Gasteiger partial charge on any atom is -0.484 e. The molecule has 0 spiro atoms. The second-order valence-corrected chi connectivity index (χ2v) is 7.40. The molecule has 1 N–H and O–H groups in total. The summed E-state index contributed by atoms with van der Waals surface area (Å²) in [4.78, 5) is 14.3. The molecule has 9 heteroatoms. The first-order valence-corrected chi connectivity index (χ1v) is 10.1. The van der Waals surface area contributed by atoms with Crippen molar-refractivity contribution in [1.82, 2.24) is 20.0 Å². The minimum absolute atomic E-state index is 0.213. The van der Waals surface area contributed by atoms with Crippen LogP contribution in [0.15, 0.2) is 58.9 Å². The quantitative estimate of drug-likeness (QED) is 0.440. The zero-order valence-corrected chi connectivity index (χ0v) is 17.7. The molecule has 1 aliphatic heterocycles. The van der Waals surface area contributed by atoms with Gasteiger partial charge in [-0.25, -0.2) is 0 Å². The molecule has 0 unspecified atom stereocenters. The van der Waals surface area contributed by atoms with Crippen molar-refractivity contribution in [2.45, 2.75) is 26.6 Å². The van der Waals surface area contributed by atoms with Gasteiger partial charge in [0.1, 0.15) is 29.6 Å². The van der Waals surface area contributed by atoms with Crippen LogP contribution in [0.5, 0.6) is 5.75 Å². The number of benzene rings is 1. The standard InChI is InChI=1S/C21H19ClN4O3S/c1-2-25-11-14(10-23-25)12-26-20(27)18(24-21(26)30)9-15-7-8-16(29-15)13-28-19-6-4-3-5-17(19)22/h3-11H,2,12-13H2,1H3,(H,24,30)/b18-9+. The lowest BCUT2D eigenvalue weighted by Crippen LogP contribution is -2.29. The fourth-order valence-corrected chi connectivity index (χ4v) is 3.41. The average Bonchev–Trinajstić information content (AvgIpc) is 3.44. The van der Waals surface area contributed by atoms with Gasteiger partial charge in [-0.1, -0.05) is 23.7 Å². The number of nitrogens with one attached hydrogen (secondary N) is 1. The molecule has 1 saturated heterocycles. The lowest BCUT2D eigenvalue weighted by atomic mass is 10.3. The SMILES string of the molecule is CCn1cc(CN2C(=O)/C(=C\c3ccc(COc4ccccc4Cl)o3)NC2=S)cn1. The predicted octanol–water partition coefficient (Wildman–Crippen LogP) is 3.99. The molecular weight excluding hydrogens is 424 g/mol. The fraction of sp³-hybridized carbons (Fsp3) is 0.190. The highest BCUT2D eigenvalue weighted by atomic mass is 35.5. The zero-order chi connectivity index (χ0) is 21.1. The normalized spacial score (nSPS) is 15.1. The van der Waals surface area contributed by atoms with E-state index in [1.165, 1.54) is 4.90 Å². The molecule has 0 saturated carbocycles. The van der Waals surface area contributed by atoms with E-state index in [1.807, 2.05) is 25.3 Å². The van der Waals surface area contributed by atoms with Crippen LogP contribution in [0, 0.1) is 0 Å². The van der Waals surface area contributed by atoms with Crippen molar-refractivity contribution in [3.8, 4) is 5.75 Å². The largest absolute Gasteiger partial charge is 0.484 e. The van der Waals surface area contributed by atoms with E-state index in [0.717, 1.165) is 12.1 Å². The second-order valence-electron chi connectivity index (χ2n) is 6.61. The number of ether oxygens (including phenoxy) is 1. The molecule has 4 rings (SSSR count). The van der Waals surface area contributed by atoms with Crippen LogP contribution in [0.4, 0.5) is 0 Å². The summed E-state index contributed by atoms with van der Waals surface area (Å²) < 4.78 is 13.2. The van der Waals surface area contributed by atoms with Crippen LogP contribution in [0.1, 0.15) is 24.0 Å². The smallest absolute Gasteiger partial charge is 0.276 e. The summed E-state index contributed by atoms with van der Waals surface area (Å²) in [6.07, 6.45) is 5.26. The average molecular weight is 443 g/mol. The Hall–Kier alpha value is -3.10. The Morgan fingerprint density at radius 2 is 2.13 bits per heavy atom. The van der Waals surface area contributed by atoms with E-state index in [1.54, 1.807) is 41.2 Å². The molecule has 7 nitrogen and oxygen atoms in total. The van der Waals surface area contributed by atoms with Crippen LogP contribution < -0.4 is 10.1 Å². The number of carbonyl (C=O) groups excluding carboxylic acids is 1.